The zero-order chi connectivity index (χ0) is 39.0. The third-order valence-corrected chi connectivity index (χ3v) is 11.6. The number of pyridine rings is 1. The molecule has 0 N–H and O–H groups in total. The molecule has 7 rings (SSSR count). The molecule has 0 saturated carbocycles. The van der Waals surface area contributed by atoms with Gasteiger partial charge in [0.2, 0.25) is 11.4 Å². The number of benzene rings is 3. The number of esters is 2. The monoisotopic (exact) mass is 765 g/mol. The number of fused-ring (bicyclic) bond motifs is 3. The lowest BCUT2D eigenvalue weighted by atomic mass is 9.86. The van der Waals surface area contributed by atoms with Gasteiger partial charge in [-0.15, -0.1) is 0 Å². The zero-order valence-electron chi connectivity index (χ0n) is 31.2. The van der Waals surface area contributed by atoms with E-state index in [1.54, 1.807) is 26.0 Å². The minimum atomic E-state index is -2.23. The predicted octanol–water partition coefficient (Wildman–Crippen LogP) is 5.81. The van der Waals surface area contributed by atoms with Gasteiger partial charge in [-0.25, -0.2) is 4.79 Å². The molecule has 3 aliphatic rings. The number of carbonyl (C=O) groups is 2. The van der Waals surface area contributed by atoms with E-state index in [4.69, 9.17) is 23.1 Å². The molecule has 1 spiro atoms. The Morgan fingerprint density at radius 1 is 0.964 bits per heavy atom. The molecule has 0 radical (unpaired) electrons. The number of rotatable bonds is 10. The fourth-order valence-electron chi connectivity index (χ4n) is 7.42. The van der Waals surface area contributed by atoms with Crippen molar-refractivity contribution in [2.75, 3.05) is 19.8 Å². The summed E-state index contributed by atoms with van der Waals surface area (Å²) in [5, 5.41) is 10.4. The number of ether oxygens (including phenoxy) is 4. The summed E-state index contributed by atoms with van der Waals surface area (Å²) in [6.45, 7) is 8.13. The second-order valence-electron chi connectivity index (χ2n) is 14.7. The van der Waals surface area contributed by atoms with Gasteiger partial charge in [0.1, 0.15) is 23.4 Å². The Hall–Kier alpha value is -5.13. The lowest BCUT2D eigenvalue weighted by molar-refractivity contribution is -0.306. The molecular weight excluding hydrogens is 723 g/mol. The first-order valence-electron chi connectivity index (χ1n) is 18.4. The van der Waals surface area contributed by atoms with E-state index in [1.807, 2.05) is 86.6 Å². The summed E-state index contributed by atoms with van der Waals surface area (Å²) in [6.07, 6.45) is 0.202. The zero-order valence-corrected chi connectivity index (χ0v) is 32.1. The van der Waals surface area contributed by atoms with Crippen LogP contribution < -0.4 is 9.74 Å². The molecule has 13 heteroatoms. The Bertz CT molecular complexity index is 2220. The molecule has 0 aliphatic carbocycles. The number of nitriles is 1. The first kappa shape index (κ1) is 38.2. The minimum absolute atomic E-state index is 0.0698. The van der Waals surface area contributed by atoms with Crippen molar-refractivity contribution in [2.24, 2.45) is 5.41 Å². The molecule has 3 atom stereocenters. The fourth-order valence-corrected chi connectivity index (χ4v) is 8.40. The van der Waals surface area contributed by atoms with Gasteiger partial charge >= 0.3 is 11.9 Å². The Kier molecular flexibility index (Phi) is 10.5. The fraction of sp³-hybridized carbons (Fsp3) is 0.381. The second-order valence-corrected chi connectivity index (χ2v) is 15.8. The van der Waals surface area contributed by atoms with E-state index >= 15 is 0 Å². The Morgan fingerprint density at radius 2 is 1.62 bits per heavy atom. The van der Waals surface area contributed by atoms with Crippen LogP contribution in [0.5, 0.6) is 5.75 Å². The molecule has 55 heavy (non-hydrogen) atoms. The van der Waals surface area contributed by atoms with Gasteiger partial charge in [0.05, 0.1) is 25.5 Å². The minimum Gasteiger partial charge on any atom is -0.463 e. The van der Waals surface area contributed by atoms with Crippen LogP contribution in [0, 0.1) is 16.7 Å². The summed E-state index contributed by atoms with van der Waals surface area (Å²) in [5.41, 5.74) is 0.280. The maximum Gasteiger partial charge on any atom is 0.355 e. The van der Waals surface area contributed by atoms with Crippen LogP contribution in [0.15, 0.2) is 89.7 Å². The molecule has 12 nitrogen and oxygen atoms in total. The average molecular weight is 766 g/mol. The molecule has 286 valence electrons. The number of carbonyl (C=O) groups excluding carboxylic acids is 2. The normalized spacial score (nSPS) is 19.9. The Balaban J connectivity index is 1.25. The summed E-state index contributed by atoms with van der Waals surface area (Å²) >= 11 is -2.20. The van der Waals surface area contributed by atoms with Gasteiger partial charge in [-0.1, -0.05) is 87.5 Å². The first-order chi connectivity index (χ1) is 26.4. The molecular formula is C42H43N3O9S. The number of hydrogen-bond donors (Lipinski definition) is 0. The molecule has 3 aliphatic heterocycles. The molecule has 3 aromatic carbocycles. The van der Waals surface area contributed by atoms with Crippen molar-refractivity contribution in [3.05, 3.63) is 123 Å². The first-order valence-corrected chi connectivity index (χ1v) is 19.4. The van der Waals surface area contributed by atoms with E-state index in [2.05, 4.69) is 0 Å². The molecule has 3 unspecified atom stereocenters. The van der Waals surface area contributed by atoms with Crippen LogP contribution in [0.1, 0.15) is 68.5 Å². The highest BCUT2D eigenvalue weighted by Crippen LogP contribution is 2.45. The summed E-state index contributed by atoms with van der Waals surface area (Å²) in [5.74, 6) is -2.84. The summed E-state index contributed by atoms with van der Waals surface area (Å²) in [7, 11) is 0. The molecule has 1 aromatic heterocycles. The van der Waals surface area contributed by atoms with Gasteiger partial charge in [0, 0.05) is 36.9 Å². The van der Waals surface area contributed by atoms with Crippen LogP contribution in [-0.2, 0) is 70.7 Å². The molecule has 0 amide bonds. The summed E-state index contributed by atoms with van der Waals surface area (Å²) in [4.78, 5) is 42.8. The lowest BCUT2D eigenvalue weighted by Crippen LogP contribution is -2.52. The van der Waals surface area contributed by atoms with Crippen molar-refractivity contribution >= 4 is 23.2 Å². The third kappa shape index (κ3) is 7.11. The predicted molar refractivity (Wildman–Crippen MR) is 202 cm³/mol. The largest absolute Gasteiger partial charge is 0.463 e. The molecule has 0 bridgehead atoms. The maximum atomic E-state index is 14.6. The quantitative estimate of drug-likeness (QED) is 0.181. The van der Waals surface area contributed by atoms with Gasteiger partial charge in [-0.05, 0) is 53.8 Å². The highest BCUT2D eigenvalue weighted by Gasteiger charge is 2.53. The number of nitrogens with zero attached hydrogens (tertiary/aromatic N) is 3. The van der Waals surface area contributed by atoms with E-state index < -0.39 is 46.2 Å². The number of aromatic nitrogens is 1. The number of hydrogen-bond acceptors (Lipinski definition) is 10. The highest BCUT2D eigenvalue weighted by atomic mass is 32.2. The van der Waals surface area contributed by atoms with E-state index in [1.165, 1.54) is 14.9 Å². The van der Waals surface area contributed by atoms with Crippen LogP contribution in [0.3, 0.4) is 0 Å². The van der Waals surface area contributed by atoms with Crippen molar-refractivity contribution < 1.29 is 36.9 Å². The second kappa shape index (κ2) is 15.2. The van der Waals surface area contributed by atoms with Gasteiger partial charge in [-0.2, -0.15) is 13.8 Å². The standard InChI is InChI=1S/C42H43N3O9S/c1-5-41(39(48)50-6-2,34-23-36-42(51-26-40(3,4)27-52-42)20-21-44(36)37(46)33(34)24-43)53-38(47)35-22-30-14-10-11-15-31(30)25-45(35)55(49)54-32-18-16-29(17-19-32)28-12-8-7-9-13-28/h7-19,23,35H,5-6,20-22,25-27H2,1-4H3. The average Bonchev–Trinajstić information content (AvgIpc) is 3.56. The van der Waals surface area contributed by atoms with Crippen LogP contribution in [0.4, 0.5) is 0 Å². The van der Waals surface area contributed by atoms with Crippen molar-refractivity contribution in [3.63, 3.8) is 0 Å². The van der Waals surface area contributed by atoms with Crippen LogP contribution in [0.25, 0.3) is 11.1 Å². The summed E-state index contributed by atoms with van der Waals surface area (Å²) < 4.78 is 47.2. The molecule has 1 saturated heterocycles. The van der Waals surface area contributed by atoms with E-state index in [-0.39, 0.29) is 49.1 Å². The summed E-state index contributed by atoms with van der Waals surface area (Å²) in [6, 6.07) is 26.7. The van der Waals surface area contributed by atoms with Crippen molar-refractivity contribution in [1.29, 1.82) is 5.26 Å². The van der Waals surface area contributed by atoms with Crippen molar-refractivity contribution in [2.45, 2.75) is 77.5 Å². The van der Waals surface area contributed by atoms with Gasteiger partial charge in [0.25, 0.3) is 16.8 Å². The van der Waals surface area contributed by atoms with Crippen molar-refractivity contribution in [1.82, 2.24) is 8.87 Å². The van der Waals surface area contributed by atoms with E-state index in [0.29, 0.717) is 31.1 Å². The SMILES string of the molecule is CCOC(=O)C(CC)(OC(=O)C1Cc2ccccc2CN1S(=O)Oc1ccc(-c2ccccc2)cc1)c1cc2n(c(=O)c1C#N)CCC21OCC(C)(C)CO1. The molecule has 4 aromatic rings. The maximum absolute atomic E-state index is 14.6. The Morgan fingerprint density at radius 3 is 2.27 bits per heavy atom. The smallest absolute Gasteiger partial charge is 0.355 e. The molecule has 1 fully saturated rings. The van der Waals surface area contributed by atoms with Gasteiger partial charge < -0.3 is 27.7 Å². The lowest BCUT2D eigenvalue weighted by Gasteiger charge is -2.41. The molecule has 4 heterocycles. The third-order valence-electron chi connectivity index (χ3n) is 10.5. The van der Waals surface area contributed by atoms with Gasteiger partial charge in [-0.3, -0.25) is 9.59 Å². The topological polar surface area (TPSA) is 146 Å². The Labute approximate surface area is 322 Å². The van der Waals surface area contributed by atoms with Crippen molar-refractivity contribution in [3.8, 4) is 22.9 Å². The van der Waals surface area contributed by atoms with Crippen LogP contribution in [-0.4, -0.2) is 50.9 Å². The van der Waals surface area contributed by atoms with Gasteiger partial charge in [0.15, 0.2) is 0 Å². The highest BCUT2D eigenvalue weighted by molar-refractivity contribution is 7.78. The van der Waals surface area contributed by atoms with E-state index in [9.17, 15) is 23.9 Å². The van der Waals surface area contributed by atoms with Crippen LogP contribution in [0.2, 0.25) is 0 Å². The van der Waals surface area contributed by atoms with E-state index in [0.717, 1.165) is 22.3 Å². The van der Waals surface area contributed by atoms with Crippen LogP contribution >= 0.6 is 0 Å².